The van der Waals surface area contributed by atoms with Crippen molar-refractivity contribution in [1.82, 2.24) is 5.32 Å². The molecule has 2 aromatic rings. The molecule has 0 bridgehead atoms. The Bertz CT molecular complexity index is 827. The summed E-state index contributed by atoms with van der Waals surface area (Å²) in [5.41, 5.74) is 2.09. The lowest BCUT2D eigenvalue weighted by Crippen LogP contribution is -2.44. The highest BCUT2D eigenvalue weighted by Crippen LogP contribution is 2.39. The third-order valence-corrected chi connectivity index (χ3v) is 5.18. The molecule has 2 N–H and O–H groups in total. The SMILES string of the molecule is COc1ccccc1C1(CNC(=O)c2ccc(NC(C)=O)cc2)CCOCC1. The Kier molecular flexibility index (Phi) is 6.31. The summed E-state index contributed by atoms with van der Waals surface area (Å²) in [5.74, 6) is 0.545. The van der Waals surface area contributed by atoms with Gasteiger partial charge in [0.25, 0.3) is 5.91 Å². The highest BCUT2D eigenvalue weighted by Gasteiger charge is 2.37. The minimum absolute atomic E-state index is 0.143. The Morgan fingerprint density at radius 1 is 1.07 bits per heavy atom. The van der Waals surface area contributed by atoms with E-state index in [9.17, 15) is 9.59 Å². The van der Waals surface area contributed by atoms with E-state index in [0.717, 1.165) is 24.2 Å². The molecule has 148 valence electrons. The summed E-state index contributed by atoms with van der Waals surface area (Å²) in [5, 5.41) is 5.78. The van der Waals surface area contributed by atoms with Crippen molar-refractivity contribution in [1.29, 1.82) is 0 Å². The third kappa shape index (κ3) is 4.51. The van der Waals surface area contributed by atoms with Gasteiger partial charge in [-0.1, -0.05) is 18.2 Å². The number of benzene rings is 2. The van der Waals surface area contributed by atoms with E-state index in [0.29, 0.717) is 31.0 Å². The highest BCUT2D eigenvalue weighted by molar-refractivity contribution is 5.95. The zero-order chi connectivity index (χ0) is 20.0. The van der Waals surface area contributed by atoms with Crippen LogP contribution in [0.5, 0.6) is 5.75 Å². The Morgan fingerprint density at radius 2 is 1.75 bits per heavy atom. The van der Waals surface area contributed by atoms with E-state index in [1.165, 1.54) is 6.92 Å². The van der Waals surface area contributed by atoms with Gasteiger partial charge in [0.1, 0.15) is 5.75 Å². The molecule has 6 nitrogen and oxygen atoms in total. The number of para-hydroxylation sites is 1. The highest BCUT2D eigenvalue weighted by atomic mass is 16.5. The average Bonchev–Trinajstić information content (AvgIpc) is 2.73. The zero-order valence-corrected chi connectivity index (χ0v) is 16.3. The van der Waals surface area contributed by atoms with Crippen LogP contribution >= 0.6 is 0 Å². The van der Waals surface area contributed by atoms with E-state index in [1.807, 2.05) is 18.2 Å². The van der Waals surface area contributed by atoms with Crippen LogP contribution < -0.4 is 15.4 Å². The molecule has 1 saturated heterocycles. The molecule has 3 rings (SSSR count). The van der Waals surface area contributed by atoms with Crippen LogP contribution in [-0.2, 0) is 14.9 Å². The van der Waals surface area contributed by atoms with Crippen LogP contribution in [0.2, 0.25) is 0 Å². The Balaban J connectivity index is 1.75. The lowest BCUT2D eigenvalue weighted by atomic mass is 9.73. The molecule has 0 unspecified atom stereocenters. The first-order valence-electron chi connectivity index (χ1n) is 9.41. The van der Waals surface area contributed by atoms with Gasteiger partial charge in [0.15, 0.2) is 0 Å². The second kappa shape index (κ2) is 8.89. The van der Waals surface area contributed by atoms with Gasteiger partial charge >= 0.3 is 0 Å². The zero-order valence-electron chi connectivity index (χ0n) is 16.3. The van der Waals surface area contributed by atoms with E-state index >= 15 is 0 Å². The van der Waals surface area contributed by atoms with Gasteiger partial charge in [-0.3, -0.25) is 9.59 Å². The van der Waals surface area contributed by atoms with Crippen molar-refractivity contribution in [3.63, 3.8) is 0 Å². The van der Waals surface area contributed by atoms with Crippen LogP contribution in [0.1, 0.15) is 35.7 Å². The number of ether oxygens (including phenoxy) is 2. The molecule has 1 heterocycles. The van der Waals surface area contributed by atoms with E-state index in [1.54, 1.807) is 31.4 Å². The van der Waals surface area contributed by atoms with Crippen molar-refractivity contribution < 1.29 is 19.1 Å². The fourth-order valence-electron chi connectivity index (χ4n) is 3.65. The summed E-state index contributed by atoms with van der Waals surface area (Å²) in [4.78, 5) is 23.8. The molecule has 28 heavy (non-hydrogen) atoms. The fourth-order valence-corrected chi connectivity index (χ4v) is 3.65. The van der Waals surface area contributed by atoms with Gasteiger partial charge in [0.05, 0.1) is 7.11 Å². The maximum Gasteiger partial charge on any atom is 0.251 e. The number of carbonyl (C=O) groups excluding carboxylic acids is 2. The van der Waals surface area contributed by atoms with Gasteiger partial charge in [-0.25, -0.2) is 0 Å². The molecule has 0 aromatic heterocycles. The summed E-state index contributed by atoms with van der Waals surface area (Å²) in [6.45, 7) is 3.26. The van der Waals surface area contributed by atoms with Crippen molar-refractivity contribution in [3.05, 3.63) is 59.7 Å². The van der Waals surface area contributed by atoms with Gasteiger partial charge in [-0.15, -0.1) is 0 Å². The molecule has 2 aromatic carbocycles. The maximum atomic E-state index is 12.7. The number of carbonyl (C=O) groups is 2. The lowest BCUT2D eigenvalue weighted by Gasteiger charge is -2.38. The van der Waals surface area contributed by atoms with E-state index in [-0.39, 0.29) is 17.2 Å². The average molecular weight is 382 g/mol. The lowest BCUT2D eigenvalue weighted by molar-refractivity contribution is -0.114. The molecule has 0 spiro atoms. The van der Waals surface area contributed by atoms with Gasteiger partial charge in [-0.2, -0.15) is 0 Å². The minimum atomic E-state index is -0.226. The molecule has 1 fully saturated rings. The van der Waals surface area contributed by atoms with Crippen LogP contribution in [-0.4, -0.2) is 38.7 Å². The summed E-state index contributed by atoms with van der Waals surface area (Å²) >= 11 is 0. The van der Waals surface area contributed by atoms with Crippen LogP contribution in [0, 0.1) is 0 Å². The van der Waals surface area contributed by atoms with Crippen LogP contribution in [0.25, 0.3) is 0 Å². The first-order valence-corrected chi connectivity index (χ1v) is 9.41. The molecule has 0 radical (unpaired) electrons. The summed E-state index contributed by atoms with van der Waals surface area (Å²) in [7, 11) is 1.67. The van der Waals surface area contributed by atoms with Gasteiger partial charge in [-0.05, 0) is 43.2 Å². The van der Waals surface area contributed by atoms with Crippen molar-refractivity contribution in [2.24, 2.45) is 0 Å². The number of methoxy groups -OCH3 is 1. The number of hydrogen-bond donors (Lipinski definition) is 2. The number of hydrogen-bond acceptors (Lipinski definition) is 4. The predicted molar refractivity (Wildman–Crippen MR) is 108 cm³/mol. The molecule has 1 aliphatic rings. The van der Waals surface area contributed by atoms with E-state index < -0.39 is 0 Å². The van der Waals surface area contributed by atoms with Crippen molar-refractivity contribution in [2.75, 3.05) is 32.2 Å². The predicted octanol–water partition coefficient (Wildman–Crippen LogP) is 3.13. The second-order valence-corrected chi connectivity index (χ2v) is 7.03. The Labute approximate surface area is 165 Å². The number of nitrogens with one attached hydrogen (secondary N) is 2. The largest absolute Gasteiger partial charge is 0.496 e. The molecule has 0 saturated carbocycles. The summed E-state index contributed by atoms with van der Waals surface area (Å²) < 4.78 is 11.1. The van der Waals surface area contributed by atoms with Crippen molar-refractivity contribution in [3.8, 4) is 5.75 Å². The van der Waals surface area contributed by atoms with Gasteiger partial charge in [0.2, 0.25) is 5.91 Å². The van der Waals surface area contributed by atoms with Crippen molar-refractivity contribution >= 4 is 17.5 Å². The summed E-state index contributed by atoms with van der Waals surface area (Å²) in [6.07, 6.45) is 1.63. The monoisotopic (exact) mass is 382 g/mol. The minimum Gasteiger partial charge on any atom is -0.496 e. The van der Waals surface area contributed by atoms with Gasteiger partial charge < -0.3 is 20.1 Å². The smallest absolute Gasteiger partial charge is 0.251 e. The van der Waals surface area contributed by atoms with E-state index in [2.05, 4.69) is 16.7 Å². The molecule has 0 atom stereocenters. The molecular formula is C22H26N2O4. The topological polar surface area (TPSA) is 76.7 Å². The standard InChI is InChI=1S/C22H26N2O4/c1-16(25)24-18-9-7-17(8-10-18)21(26)23-15-22(11-13-28-14-12-22)19-5-3-4-6-20(19)27-2/h3-10H,11-15H2,1-2H3,(H,23,26)(H,24,25). The molecule has 2 amide bonds. The van der Waals surface area contributed by atoms with Crippen LogP contribution in [0.3, 0.4) is 0 Å². The Morgan fingerprint density at radius 3 is 2.39 bits per heavy atom. The Hall–Kier alpha value is -2.86. The first-order chi connectivity index (χ1) is 13.5. The van der Waals surface area contributed by atoms with Crippen molar-refractivity contribution in [2.45, 2.75) is 25.2 Å². The normalized spacial score (nSPS) is 15.5. The van der Waals surface area contributed by atoms with Crippen LogP contribution in [0.15, 0.2) is 48.5 Å². The second-order valence-electron chi connectivity index (χ2n) is 7.03. The molecular weight excluding hydrogens is 356 g/mol. The molecule has 6 heteroatoms. The molecule has 1 aliphatic heterocycles. The van der Waals surface area contributed by atoms with Crippen LogP contribution in [0.4, 0.5) is 5.69 Å². The fraction of sp³-hybridized carbons (Fsp3) is 0.364. The third-order valence-electron chi connectivity index (χ3n) is 5.18. The summed E-state index contributed by atoms with van der Waals surface area (Å²) in [6, 6.07) is 14.8. The maximum absolute atomic E-state index is 12.7. The number of rotatable bonds is 6. The van der Waals surface area contributed by atoms with E-state index in [4.69, 9.17) is 9.47 Å². The first kappa shape index (κ1) is 19.9. The quantitative estimate of drug-likeness (QED) is 0.805. The molecule has 0 aliphatic carbocycles. The number of amides is 2. The van der Waals surface area contributed by atoms with Gasteiger partial charge in [0, 0.05) is 48.9 Å². The number of anilines is 1.